The van der Waals surface area contributed by atoms with Crippen molar-refractivity contribution in [1.29, 1.82) is 0 Å². The van der Waals surface area contributed by atoms with Crippen molar-refractivity contribution < 1.29 is 9.18 Å². The van der Waals surface area contributed by atoms with Gasteiger partial charge in [0.05, 0.1) is 22.2 Å². The molecule has 2 aliphatic heterocycles. The minimum absolute atomic E-state index is 0.204. The molecule has 170 valence electrons. The molecular weight excluding hydrogens is 429 g/mol. The highest BCUT2D eigenvalue weighted by molar-refractivity contribution is 6.10. The summed E-state index contributed by atoms with van der Waals surface area (Å²) in [7, 11) is 1.67. The number of anilines is 2. The SMILES string of the molecule is C#CC1(CCc2cnc3ccccc3c2)C=NC2=C(C1)C(=O)N(C)c1ccc(F)nc1N2CC. The van der Waals surface area contributed by atoms with Crippen molar-refractivity contribution in [3.63, 3.8) is 0 Å². The lowest BCUT2D eigenvalue weighted by Gasteiger charge is -2.32. The van der Waals surface area contributed by atoms with Crippen molar-refractivity contribution in [3.05, 3.63) is 71.6 Å². The van der Waals surface area contributed by atoms with Gasteiger partial charge in [0.1, 0.15) is 5.82 Å². The Kier molecular flexibility index (Phi) is 5.37. The van der Waals surface area contributed by atoms with Crippen molar-refractivity contribution in [2.75, 3.05) is 23.4 Å². The number of benzene rings is 1. The second-order valence-corrected chi connectivity index (χ2v) is 8.66. The molecule has 2 aromatic heterocycles. The number of para-hydroxylation sites is 1. The highest BCUT2D eigenvalue weighted by atomic mass is 19.1. The van der Waals surface area contributed by atoms with Crippen LogP contribution in [0.25, 0.3) is 10.9 Å². The van der Waals surface area contributed by atoms with E-state index in [-0.39, 0.29) is 5.91 Å². The van der Waals surface area contributed by atoms with E-state index >= 15 is 0 Å². The van der Waals surface area contributed by atoms with Gasteiger partial charge in [0.15, 0.2) is 5.82 Å². The van der Waals surface area contributed by atoms with Gasteiger partial charge in [0.2, 0.25) is 5.95 Å². The van der Waals surface area contributed by atoms with Crippen LogP contribution in [0.3, 0.4) is 0 Å². The van der Waals surface area contributed by atoms with Crippen LogP contribution >= 0.6 is 0 Å². The molecule has 1 aromatic carbocycles. The molecule has 0 fully saturated rings. The summed E-state index contributed by atoms with van der Waals surface area (Å²) in [5.41, 5.74) is 2.36. The molecule has 34 heavy (non-hydrogen) atoms. The van der Waals surface area contributed by atoms with Gasteiger partial charge < -0.3 is 9.80 Å². The van der Waals surface area contributed by atoms with Crippen LogP contribution in [0.15, 0.2) is 65.0 Å². The molecule has 0 radical (unpaired) electrons. The third kappa shape index (κ3) is 3.61. The molecule has 0 saturated carbocycles. The third-order valence-electron chi connectivity index (χ3n) is 6.56. The second-order valence-electron chi connectivity index (χ2n) is 8.66. The fourth-order valence-electron chi connectivity index (χ4n) is 4.63. The first kappa shape index (κ1) is 21.8. The summed E-state index contributed by atoms with van der Waals surface area (Å²) in [6.45, 7) is 2.40. The van der Waals surface area contributed by atoms with Crippen molar-refractivity contribution >= 4 is 34.5 Å². The van der Waals surface area contributed by atoms with E-state index in [9.17, 15) is 9.18 Å². The Bertz CT molecular complexity index is 1410. The lowest BCUT2D eigenvalue weighted by Crippen LogP contribution is -2.35. The normalized spacial score (nSPS) is 19.6. The number of aromatic nitrogens is 2. The molecule has 2 aliphatic rings. The monoisotopic (exact) mass is 453 g/mol. The van der Waals surface area contributed by atoms with E-state index in [0.717, 1.165) is 16.5 Å². The van der Waals surface area contributed by atoms with Crippen molar-refractivity contribution in [2.45, 2.75) is 26.2 Å². The van der Waals surface area contributed by atoms with E-state index in [0.29, 0.717) is 48.7 Å². The number of nitrogens with zero attached hydrogens (tertiary/aromatic N) is 5. The first-order chi connectivity index (χ1) is 16.4. The van der Waals surface area contributed by atoms with Crippen molar-refractivity contribution in [1.82, 2.24) is 9.97 Å². The van der Waals surface area contributed by atoms with E-state index in [1.54, 1.807) is 24.2 Å². The van der Waals surface area contributed by atoms with Crippen LogP contribution in [0.5, 0.6) is 0 Å². The number of carbonyl (C=O) groups is 1. The second kappa shape index (κ2) is 8.38. The summed E-state index contributed by atoms with van der Waals surface area (Å²) < 4.78 is 14.0. The van der Waals surface area contributed by atoms with Gasteiger partial charge in [-0.3, -0.25) is 9.78 Å². The van der Waals surface area contributed by atoms with Crippen LogP contribution < -0.4 is 9.80 Å². The minimum atomic E-state index is -0.713. The predicted molar refractivity (Wildman–Crippen MR) is 132 cm³/mol. The molecule has 7 heteroatoms. The van der Waals surface area contributed by atoms with E-state index in [1.165, 1.54) is 11.0 Å². The maximum atomic E-state index is 14.0. The Morgan fingerprint density at radius 1 is 1.24 bits per heavy atom. The van der Waals surface area contributed by atoms with Gasteiger partial charge in [-0.2, -0.15) is 9.37 Å². The number of rotatable bonds is 4. The summed E-state index contributed by atoms with van der Waals surface area (Å²) in [6.07, 6.45) is 11.3. The van der Waals surface area contributed by atoms with Crippen LogP contribution in [-0.4, -0.2) is 35.7 Å². The molecule has 1 amide bonds. The predicted octanol–water partition coefficient (Wildman–Crippen LogP) is 4.51. The van der Waals surface area contributed by atoms with Gasteiger partial charge in [-0.1, -0.05) is 24.1 Å². The Hall–Kier alpha value is -4.05. The van der Waals surface area contributed by atoms with Gasteiger partial charge in [0, 0.05) is 37.8 Å². The van der Waals surface area contributed by atoms with Gasteiger partial charge in [-0.05, 0) is 49.6 Å². The van der Waals surface area contributed by atoms with E-state index < -0.39 is 11.4 Å². The van der Waals surface area contributed by atoms with Crippen LogP contribution in [0, 0.1) is 23.7 Å². The fraction of sp³-hybridized carbons (Fsp3) is 0.259. The first-order valence-corrected chi connectivity index (χ1v) is 11.3. The summed E-state index contributed by atoms with van der Waals surface area (Å²) in [5.74, 6) is 2.95. The quantitative estimate of drug-likeness (QED) is 0.431. The molecule has 1 unspecified atom stereocenters. The number of terminal acetylenes is 1. The van der Waals surface area contributed by atoms with Crippen LogP contribution in [0.1, 0.15) is 25.3 Å². The Morgan fingerprint density at radius 2 is 2.06 bits per heavy atom. The molecule has 3 aromatic rings. The maximum absolute atomic E-state index is 14.0. The maximum Gasteiger partial charge on any atom is 0.257 e. The number of hydrogen-bond acceptors (Lipinski definition) is 5. The zero-order valence-electron chi connectivity index (χ0n) is 19.1. The molecule has 0 N–H and O–H groups in total. The number of likely N-dealkylation sites (N-methyl/N-ethyl adjacent to an activating group) is 1. The molecule has 5 rings (SSSR count). The molecule has 1 atom stereocenters. The summed E-state index contributed by atoms with van der Waals surface area (Å²) >= 11 is 0. The van der Waals surface area contributed by atoms with Gasteiger partial charge in [-0.25, -0.2) is 4.99 Å². The standard InChI is InChI=1S/C27H24FN5O/c1-4-27(13-12-18-14-19-8-6-7-9-21(19)29-16-18)15-20-24(30-17-27)33(5-2)25-22(32(3)26(20)34)10-11-23(28)31-25/h1,6-11,14,16-17H,5,12-13,15H2,2-3H3. The highest BCUT2D eigenvalue weighted by Gasteiger charge is 2.40. The van der Waals surface area contributed by atoms with E-state index in [1.807, 2.05) is 37.4 Å². The molecule has 0 aliphatic carbocycles. The van der Waals surface area contributed by atoms with Crippen LogP contribution in [0.4, 0.5) is 15.9 Å². The number of carbonyl (C=O) groups excluding carboxylic acids is 1. The van der Waals surface area contributed by atoms with Gasteiger partial charge in [0.25, 0.3) is 5.91 Å². The van der Waals surface area contributed by atoms with Crippen LogP contribution in [0.2, 0.25) is 0 Å². The Balaban J connectivity index is 1.47. The smallest absolute Gasteiger partial charge is 0.257 e. The number of halogens is 1. The van der Waals surface area contributed by atoms with Crippen molar-refractivity contribution in [2.24, 2.45) is 10.4 Å². The third-order valence-corrected chi connectivity index (χ3v) is 6.56. The lowest BCUT2D eigenvalue weighted by atomic mass is 9.77. The summed E-state index contributed by atoms with van der Waals surface area (Å²) in [6, 6.07) is 12.9. The molecule has 6 nitrogen and oxygen atoms in total. The molecule has 0 bridgehead atoms. The highest BCUT2D eigenvalue weighted by Crippen LogP contribution is 2.42. The van der Waals surface area contributed by atoms with Crippen LogP contribution in [-0.2, 0) is 11.2 Å². The molecule has 0 saturated heterocycles. The molecule has 4 heterocycles. The van der Waals surface area contributed by atoms with Gasteiger partial charge >= 0.3 is 0 Å². The number of aliphatic imine (C=N–C) groups is 1. The summed E-state index contributed by atoms with van der Waals surface area (Å²) in [5, 5.41) is 1.08. The lowest BCUT2D eigenvalue weighted by molar-refractivity contribution is -0.115. The van der Waals surface area contributed by atoms with E-state index in [4.69, 9.17) is 6.42 Å². The zero-order chi connectivity index (χ0) is 23.9. The number of pyridine rings is 2. The average Bonchev–Trinajstić information content (AvgIpc) is 2.95. The number of amides is 1. The summed E-state index contributed by atoms with van der Waals surface area (Å²) in [4.78, 5) is 30.1. The molecule has 0 spiro atoms. The zero-order valence-corrected chi connectivity index (χ0v) is 19.1. The number of hydrogen-bond donors (Lipinski definition) is 0. The number of fused-ring (bicyclic) bond motifs is 2. The molecular formula is C27H24FN5O. The fourth-order valence-corrected chi connectivity index (χ4v) is 4.63. The topological polar surface area (TPSA) is 61.7 Å². The number of aryl methyl sites for hydroxylation is 1. The van der Waals surface area contributed by atoms with E-state index in [2.05, 4.69) is 26.9 Å². The largest absolute Gasteiger partial charge is 0.309 e. The minimum Gasteiger partial charge on any atom is -0.309 e. The average molecular weight is 454 g/mol. The Morgan fingerprint density at radius 3 is 2.85 bits per heavy atom. The van der Waals surface area contributed by atoms with Crippen molar-refractivity contribution in [3.8, 4) is 12.3 Å². The Labute approximate surface area is 197 Å². The van der Waals surface area contributed by atoms with Gasteiger partial charge in [-0.15, -0.1) is 6.42 Å². The first-order valence-electron chi connectivity index (χ1n) is 11.3.